The second kappa shape index (κ2) is 5.26. The first kappa shape index (κ1) is 14.8. The van der Waals surface area contributed by atoms with Crippen molar-refractivity contribution in [3.8, 4) is 11.4 Å². The lowest BCUT2D eigenvalue weighted by Crippen LogP contribution is -2.10. The van der Waals surface area contributed by atoms with Gasteiger partial charge >= 0.3 is 10.8 Å². The minimum absolute atomic E-state index is 0.113. The quantitative estimate of drug-likeness (QED) is 0.730. The van der Waals surface area contributed by atoms with Crippen LogP contribution in [0.1, 0.15) is 20.8 Å². The number of ether oxygens (including phenoxy) is 1. The molecule has 2 aromatic heterocycles. The SMILES string of the molecule is COC(=O)c1sc2c(sc(=O)n2-c2cc(C)cc(C)c2)c1O. The molecule has 3 rings (SSSR count). The van der Waals surface area contributed by atoms with Crippen molar-refractivity contribution < 1.29 is 14.6 Å². The fourth-order valence-corrected chi connectivity index (χ4v) is 4.62. The molecule has 2 heterocycles. The predicted molar refractivity (Wildman–Crippen MR) is 87.8 cm³/mol. The third-order valence-electron chi connectivity index (χ3n) is 3.23. The Morgan fingerprint density at radius 1 is 1.18 bits per heavy atom. The highest BCUT2D eigenvalue weighted by Gasteiger charge is 2.24. The number of aromatic nitrogens is 1. The molecule has 0 bridgehead atoms. The van der Waals surface area contributed by atoms with E-state index in [-0.39, 0.29) is 15.5 Å². The number of rotatable bonds is 2. The lowest BCUT2D eigenvalue weighted by atomic mass is 10.1. The van der Waals surface area contributed by atoms with Crippen molar-refractivity contribution in [1.82, 2.24) is 4.57 Å². The van der Waals surface area contributed by atoms with E-state index in [4.69, 9.17) is 0 Å². The average molecular weight is 335 g/mol. The zero-order chi connectivity index (χ0) is 16.0. The summed E-state index contributed by atoms with van der Waals surface area (Å²) in [5.74, 6) is -0.789. The standard InChI is InChI=1S/C15H13NO4S2/c1-7-4-8(2)6-9(5-7)16-13-11(22-15(16)19)10(17)12(21-13)14(18)20-3/h4-6,17H,1-3H3. The summed E-state index contributed by atoms with van der Waals surface area (Å²) in [7, 11) is 1.26. The van der Waals surface area contributed by atoms with E-state index in [1.165, 1.54) is 11.7 Å². The van der Waals surface area contributed by atoms with Crippen LogP contribution in [-0.2, 0) is 4.74 Å². The van der Waals surface area contributed by atoms with Gasteiger partial charge in [-0.2, -0.15) is 0 Å². The predicted octanol–water partition coefficient (Wildman–Crippen LogP) is 3.22. The van der Waals surface area contributed by atoms with Crippen molar-refractivity contribution in [1.29, 1.82) is 0 Å². The van der Waals surface area contributed by atoms with Crippen molar-refractivity contribution in [2.75, 3.05) is 7.11 Å². The molecule has 0 unspecified atom stereocenters. The Bertz CT molecular complexity index is 928. The molecule has 22 heavy (non-hydrogen) atoms. The molecular formula is C15H13NO4S2. The van der Waals surface area contributed by atoms with Crippen LogP contribution < -0.4 is 4.87 Å². The van der Waals surface area contributed by atoms with Gasteiger partial charge in [0.2, 0.25) is 0 Å². The van der Waals surface area contributed by atoms with Gasteiger partial charge in [0, 0.05) is 0 Å². The Kier molecular flexibility index (Phi) is 3.54. The molecule has 0 aliphatic carbocycles. The summed E-state index contributed by atoms with van der Waals surface area (Å²) >= 11 is 1.98. The first-order chi connectivity index (χ1) is 10.4. The van der Waals surface area contributed by atoms with Gasteiger partial charge in [-0.05, 0) is 37.1 Å². The summed E-state index contributed by atoms with van der Waals surface area (Å²) in [5.41, 5.74) is 2.80. The van der Waals surface area contributed by atoms with E-state index in [1.54, 1.807) is 0 Å². The van der Waals surface area contributed by atoms with Crippen LogP contribution >= 0.6 is 22.7 Å². The number of thiazole rings is 1. The van der Waals surface area contributed by atoms with E-state index < -0.39 is 5.97 Å². The van der Waals surface area contributed by atoms with Crippen molar-refractivity contribution in [2.24, 2.45) is 0 Å². The molecule has 1 N–H and O–H groups in total. The molecule has 0 saturated heterocycles. The number of methoxy groups -OCH3 is 1. The number of aryl methyl sites for hydroxylation is 2. The number of carbonyl (C=O) groups excluding carboxylic acids is 1. The highest BCUT2D eigenvalue weighted by atomic mass is 32.1. The Morgan fingerprint density at radius 2 is 1.82 bits per heavy atom. The first-order valence-electron chi connectivity index (χ1n) is 6.46. The van der Waals surface area contributed by atoms with Crippen LogP contribution in [0, 0.1) is 13.8 Å². The van der Waals surface area contributed by atoms with Crippen molar-refractivity contribution in [3.05, 3.63) is 43.9 Å². The number of aromatic hydroxyl groups is 1. The molecule has 114 valence electrons. The van der Waals surface area contributed by atoms with Crippen molar-refractivity contribution >= 4 is 38.2 Å². The van der Waals surface area contributed by atoms with Crippen LogP contribution in [-0.4, -0.2) is 22.8 Å². The molecule has 0 atom stereocenters. The fraction of sp³-hybridized carbons (Fsp3) is 0.200. The van der Waals surface area contributed by atoms with E-state index in [2.05, 4.69) is 4.74 Å². The number of hydrogen-bond donors (Lipinski definition) is 1. The molecule has 5 nitrogen and oxygen atoms in total. The first-order valence-corrected chi connectivity index (χ1v) is 8.10. The summed E-state index contributed by atoms with van der Waals surface area (Å²) in [5, 5.41) is 10.2. The minimum Gasteiger partial charge on any atom is -0.505 e. The maximum atomic E-state index is 12.3. The summed E-state index contributed by atoms with van der Waals surface area (Å²) in [4.78, 5) is 24.4. The Morgan fingerprint density at radius 3 is 2.41 bits per heavy atom. The van der Waals surface area contributed by atoms with Crippen LogP contribution in [0.25, 0.3) is 15.2 Å². The van der Waals surface area contributed by atoms with E-state index >= 15 is 0 Å². The van der Waals surface area contributed by atoms with Gasteiger partial charge in [0.05, 0.1) is 12.8 Å². The summed E-state index contributed by atoms with van der Waals surface area (Å²) < 4.78 is 6.60. The van der Waals surface area contributed by atoms with E-state index in [0.717, 1.165) is 39.5 Å². The lowest BCUT2D eigenvalue weighted by Gasteiger charge is -2.05. The van der Waals surface area contributed by atoms with Crippen LogP contribution in [0.3, 0.4) is 0 Å². The number of fused-ring (bicyclic) bond motifs is 1. The number of benzene rings is 1. The van der Waals surface area contributed by atoms with Crippen molar-refractivity contribution in [3.63, 3.8) is 0 Å². The van der Waals surface area contributed by atoms with Gasteiger partial charge in [-0.25, -0.2) is 4.79 Å². The Hall–Kier alpha value is -2.12. The molecule has 0 aliphatic rings. The fourth-order valence-electron chi connectivity index (χ4n) is 2.38. The largest absolute Gasteiger partial charge is 0.505 e. The zero-order valence-corrected chi connectivity index (χ0v) is 13.8. The summed E-state index contributed by atoms with van der Waals surface area (Å²) in [6.45, 7) is 3.91. The molecule has 7 heteroatoms. The number of nitrogens with zero attached hydrogens (tertiary/aromatic N) is 1. The molecule has 0 spiro atoms. The van der Waals surface area contributed by atoms with Crippen molar-refractivity contribution in [2.45, 2.75) is 13.8 Å². The zero-order valence-electron chi connectivity index (χ0n) is 12.2. The van der Waals surface area contributed by atoms with Gasteiger partial charge in [-0.1, -0.05) is 17.4 Å². The highest BCUT2D eigenvalue weighted by Crippen LogP contribution is 2.40. The Labute approximate surface area is 134 Å². The molecule has 0 fully saturated rings. The average Bonchev–Trinajstić information content (AvgIpc) is 2.93. The maximum Gasteiger partial charge on any atom is 0.352 e. The van der Waals surface area contributed by atoms with Gasteiger partial charge < -0.3 is 9.84 Å². The highest BCUT2D eigenvalue weighted by molar-refractivity contribution is 7.27. The van der Waals surface area contributed by atoms with Crippen LogP contribution in [0.2, 0.25) is 0 Å². The molecule has 1 aromatic carbocycles. The number of hydrogen-bond acceptors (Lipinski definition) is 6. The summed E-state index contributed by atoms with van der Waals surface area (Å²) in [6, 6.07) is 5.81. The normalized spacial score (nSPS) is 11.0. The number of thiophene rings is 1. The van der Waals surface area contributed by atoms with Gasteiger partial charge in [0.15, 0.2) is 10.6 Å². The van der Waals surface area contributed by atoms with Gasteiger partial charge in [-0.15, -0.1) is 11.3 Å². The molecule has 0 amide bonds. The maximum absolute atomic E-state index is 12.3. The topological polar surface area (TPSA) is 68.5 Å². The van der Waals surface area contributed by atoms with E-state index in [1.807, 2.05) is 32.0 Å². The van der Waals surface area contributed by atoms with Gasteiger partial charge in [0.25, 0.3) is 0 Å². The van der Waals surface area contributed by atoms with Crippen LogP contribution in [0.5, 0.6) is 5.75 Å². The third-order valence-corrected chi connectivity index (χ3v) is 5.46. The van der Waals surface area contributed by atoms with Gasteiger partial charge in [-0.3, -0.25) is 9.36 Å². The minimum atomic E-state index is -0.606. The monoisotopic (exact) mass is 335 g/mol. The smallest absolute Gasteiger partial charge is 0.352 e. The second-order valence-corrected chi connectivity index (χ2v) is 6.92. The number of carbonyl (C=O) groups is 1. The molecular weight excluding hydrogens is 322 g/mol. The van der Waals surface area contributed by atoms with Gasteiger partial charge in [0.1, 0.15) is 9.53 Å². The van der Waals surface area contributed by atoms with E-state index in [9.17, 15) is 14.7 Å². The molecule has 3 aromatic rings. The molecule has 0 radical (unpaired) electrons. The van der Waals surface area contributed by atoms with E-state index in [0.29, 0.717) is 9.53 Å². The lowest BCUT2D eigenvalue weighted by molar-refractivity contribution is 0.0603. The van der Waals surface area contributed by atoms with Crippen LogP contribution in [0.4, 0.5) is 0 Å². The number of esters is 1. The Balaban J connectivity index is 2.32. The molecule has 0 saturated carbocycles. The summed E-state index contributed by atoms with van der Waals surface area (Å²) in [6.07, 6.45) is 0. The second-order valence-electron chi connectivity index (χ2n) is 4.95. The third kappa shape index (κ3) is 2.22. The van der Waals surface area contributed by atoms with Crippen LogP contribution in [0.15, 0.2) is 23.0 Å². The molecule has 0 aliphatic heterocycles.